The third-order valence-corrected chi connectivity index (χ3v) is 2.56. The summed E-state index contributed by atoms with van der Waals surface area (Å²) in [5.74, 6) is 0. The molecule has 0 aromatic heterocycles. The molecule has 0 nitrogen and oxygen atoms in total. The minimum absolute atomic E-state index is 0.624. The van der Waals surface area contributed by atoms with Gasteiger partial charge in [0, 0.05) is 12.8 Å². The molecule has 0 saturated heterocycles. The Kier molecular flexibility index (Phi) is 1.87. The number of benzene rings is 1. The summed E-state index contributed by atoms with van der Waals surface area (Å²) >= 11 is 0. The third kappa shape index (κ3) is 1.24. The fourth-order valence-corrected chi connectivity index (χ4v) is 1.84. The summed E-state index contributed by atoms with van der Waals surface area (Å²) in [5.41, 5.74) is 3.75. The molecule has 0 saturated carbocycles. The molecular weight excluding hydrogens is 151 g/mol. The number of hydrogen-bond acceptors (Lipinski definition) is 0. The highest BCUT2D eigenvalue weighted by molar-refractivity contribution is 5.36. The van der Waals surface area contributed by atoms with Crippen LogP contribution in [0.25, 0.3) is 0 Å². The molecule has 1 aliphatic carbocycles. The molecule has 1 aromatic carbocycles. The molecule has 64 valence electrons. The van der Waals surface area contributed by atoms with Crippen LogP contribution < -0.4 is 0 Å². The van der Waals surface area contributed by atoms with E-state index in [1.807, 2.05) is 0 Å². The predicted octanol–water partition coefficient (Wildman–Crippen LogP) is 2.69. The van der Waals surface area contributed by atoms with Gasteiger partial charge in [-0.15, -0.1) is 0 Å². The van der Waals surface area contributed by atoms with E-state index >= 15 is 0 Å². The van der Waals surface area contributed by atoms with E-state index < -0.39 is 6.17 Å². The van der Waals surface area contributed by atoms with Crippen LogP contribution in [-0.2, 0) is 19.3 Å². The molecule has 0 spiro atoms. The molecule has 1 unspecified atom stereocenters. The molecule has 2 rings (SSSR count). The van der Waals surface area contributed by atoms with Gasteiger partial charge in [0.05, 0.1) is 0 Å². The number of aryl methyl sites for hydroxylation is 1. The van der Waals surface area contributed by atoms with Crippen LogP contribution in [0.5, 0.6) is 0 Å². The molecular formula is C11H13F. The van der Waals surface area contributed by atoms with Crippen LogP contribution in [0.15, 0.2) is 18.2 Å². The van der Waals surface area contributed by atoms with Gasteiger partial charge in [0.15, 0.2) is 0 Å². The van der Waals surface area contributed by atoms with Crippen molar-refractivity contribution in [2.75, 3.05) is 0 Å². The Morgan fingerprint density at radius 2 is 2.08 bits per heavy atom. The van der Waals surface area contributed by atoms with Crippen LogP contribution in [-0.4, -0.2) is 6.17 Å². The lowest BCUT2D eigenvalue weighted by Crippen LogP contribution is -1.95. The van der Waals surface area contributed by atoms with Crippen molar-refractivity contribution in [2.45, 2.75) is 32.4 Å². The van der Waals surface area contributed by atoms with Crippen LogP contribution in [0, 0.1) is 0 Å². The van der Waals surface area contributed by atoms with E-state index in [1.54, 1.807) is 0 Å². The van der Waals surface area contributed by atoms with E-state index in [9.17, 15) is 4.39 Å². The Morgan fingerprint density at radius 3 is 2.83 bits per heavy atom. The topological polar surface area (TPSA) is 0 Å². The highest BCUT2D eigenvalue weighted by Gasteiger charge is 2.20. The van der Waals surface area contributed by atoms with E-state index in [-0.39, 0.29) is 0 Å². The molecule has 0 amide bonds. The van der Waals surface area contributed by atoms with E-state index in [2.05, 4.69) is 25.1 Å². The SMILES string of the molecule is CCc1ccc2c(c1)CC(F)C2. The summed E-state index contributed by atoms with van der Waals surface area (Å²) in [5, 5.41) is 0. The van der Waals surface area contributed by atoms with Gasteiger partial charge < -0.3 is 0 Å². The summed E-state index contributed by atoms with van der Waals surface area (Å²) in [7, 11) is 0. The standard InChI is InChI=1S/C11H13F/c1-2-8-3-4-9-6-11(12)7-10(9)5-8/h3-5,11H,2,6-7H2,1H3. The zero-order chi connectivity index (χ0) is 8.55. The maximum Gasteiger partial charge on any atom is 0.108 e. The van der Waals surface area contributed by atoms with Crippen molar-refractivity contribution in [1.29, 1.82) is 0 Å². The van der Waals surface area contributed by atoms with Gasteiger partial charge in [-0.05, 0) is 23.1 Å². The average Bonchev–Trinajstić information content (AvgIpc) is 2.43. The van der Waals surface area contributed by atoms with Gasteiger partial charge in [-0.3, -0.25) is 0 Å². The van der Waals surface area contributed by atoms with E-state index in [1.165, 1.54) is 16.7 Å². The van der Waals surface area contributed by atoms with Gasteiger partial charge in [-0.2, -0.15) is 0 Å². The number of rotatable bonds is 1. The molecule has 12 heavy (non-hydrogen) atoms. The van der Waals surface area contributed by atoms with Gasteiger partial charge in [0.1, 0.15) is 6.17 Å². The first-order valence-electron chi connectivity index (χ1n) is 4.54. The van der Waals surface area contributed by atoms with Gasteiger partial charge in [0.25, 0.3) is 0 Å². The monoisotopic (exact) mass is 164 g/mol. The lowest BCUT2D eigenvalue weighted by Gasteiger charge is -2.00. The van der Waals surface area contributed by atoms with Crippen molar-refractivity contribution in [3.05, 3.63) is 34.9 Å². The second kappa shape index (κ2) is 2.89. The quantitative estimate of drug-likeness (QED) is 0.598. The van der Waals surface area contributed by atoms with E-state index in [0.717, 1.165) is 6.42 Å². The van der Waals surface area contributed by atoms with Gasteiger partial charge in [-0.25, -0.2) is 4.39 Å². The number of alkyl halides is 1. The highest BCUT2D eigenvalue weighted by Crippen LogP contribution is 2.25. The molecule has 1 aromatic rings. The largest absolute Gasteiger partial charge is 0.247 e. The van der Waals surface area contributed by atoms with Crippen LogP contribution in [0.3, 0.4) is 0 Å². The molecule has 0 aliphatic heterocycles. The Hall–Kier alpha value is -0.850. The maximum absolute atomic E-state index is 13.0. The fraction of sp³-hybridized carbons (Fsp3) is 0.455. The first-order valence-corrected chi connectivity index (χ1v) is 4.54. The summed E-state index contributed by atoms with van der Waals surface area (Å²) in [6.45, 7) is 2.13. The maximum atomic E-state index is 13.0. The molecule has 1 aliphatic rings. The van der Waals surface area contributed by atoms with Crippen LogP contribution in [0.2, 0.25) is 0 Å². The third-order valence-electron chi connectivity index (χ3n) is 2.56. The molecule has 0 radical (unpaired) electrons. The summed E-state index contributed by atoms with van der Waals surface area (Å²) < 4.78 is 13.0. The minimum Gasteiger partial charge on any atom is -0.247 e. The van der Waals surface area contributed by atoms with Gasteiger partial charge >= 0.3 is 0 Å². The Balaban J connectivity index is 2.35. The second-order valence-electron chi connectivity index (χ2n) is 3.46. The molecule has 1 atom stereocenters. The Bertz CT molecular complexity index is 291. The molecule has 1 heteroatoms. The van der Waals surface area contributed by atoms with Crippen molar-refractivity contribution in [3.63, 3.8) is 0 Å². The van der Waals surface area contributed by atoms with Crippen molar-refractivity contribution >= 4 is 0 Å². The zero-order valence-electron chi connectivity index (χ0n) is 7.31. The van der Waals surface area contributed by atoms with Crippen molar-refractivity contribution < 1.29 is 4.39 Å². The molecule has 0 N–H and O–H groups in total. The molecule has 0 bridgehead atoms. The van der Waals surface area contributed by atoms with Gasteiger partial charge in [-0.1, -0.05) is 25.1 Å². The molecule has 0 heterocycles. The second-order valence-corrected chi connectivity index (χ2v) is 3.46. The highest BCUT2D eigenvalue weighted by atomic mass is 19.1. The van der Waals surface area contributed by atoms with Crippen molar-refractivity contribution in [1.82, 2.24) is 0 Å². The zero-order valence-corrected chi connectivity index (χ0v) is 7.31. The number of fused-ring (bicyclic) bond motifs is 1. The lowest BCUT2D eigenvalue weighted by atomic mass is 10.1. The van der Waals surface area contributed by atoms with Crippen LogP contribution in [0.4, 0.5) is 4.39 Å². The Morgan fingerprint density at radius 1 is 1.33 bits per heavy atom. The van der Waals surface area contributed by atoms with Gasteiger partial charge in [0.2, 0.25) is 0 Å². The first-order chi connectivity index (χ1) is 5.79. The summed E-state index contributed by atoms with van der Waals surface area (Å²) in [4.78, 5) is 0. The minimum atomic E-state index is -0.632. The van der Waals surface area contributed by atoms with Crippen LogP contribution >= 0.6 is 0 Å². The predicted molar refractivity (Wildman–Crippen MR) is 48.1 cm³/mol. The van der Waals surface area contributed by atoms with E-state index in [4.69, 9.17) is 0 Å². The van der Waals surface area contributed by atoms with Crippen molar-refractivity contribution in [2.24, 2.45) is 0 Å². The Labute approximate surface area is 72.4 Å². The average molecular weight is 164 g/mol. The lowest BCUT2D eigenvalue weighted by molar-refractivity contribution is 0.349. The molecule has 0 fully saturated rings. The first kappa shape index (κ1) is 7.78. The summed E-state index contributed by atoms with van der Waals surface area (Å²) in [6.07, 6.45) is 1.67. The normalized spacial score (nSPS) is 21.0. The number of halogens is 1. The fourth-order valence-electron chi connectivity index (χ4n) is 1.84. The smallest absolute Gasteiger partial charge is 0.108 e. The van der Waals surface area contributed by atoms with E-state index in [0.29, 0.717) is 12.8 Å². The van der Waals surface area contributed by atoms with Crippen molar-refractivity contribution in [3.8, 4) is 0 Å². The summed E-state index contributed by atoms with van der Waals surface area (Å²) in [6, 6.07) is 6.33. The van der Waals surface area contributed by atoms with Crippen LogP contribution in [0.1, 0.15) is 23.6 Å². The number of hydrogen-bond donors (Lipinski definition) is 0.